The molecule has 3 nitrogen and oxygen atoms in total. The summed E-state index contributed by atoms with van der Waals surface area (Å²) in [6.07, 6.45) is 1.03. The lowest BCUT2D eigenvalue weighted by molar-refractivity contribution is 0.118. The zero-order valence-electron chi connectivity index (χ0n) is 5.78. The highest BCUT2D eigenvalue weighted by Crippen LogP contribution is 1.97. The Kier molecular flexibility index (Phi) is 4.26. The molecule has 2 atom stereocenters. The van der Waals surface area contributed by atoms with Crippen molar-refractivity contribution in [3.63, 3.8) is 0 Å². The Morgan fingerprint density at radius 1 is 1.67 bits per heavy atom. The van der Waals surface area contributed by atoms with E-state index >= 15 is 0 Å². The van der Waals surface area contributed by atoms with E-state index in [0.717, 1.165) is 0 Å². The minimum Gasteiger partial charge on any atom is -0.396 e. The number of aliphatic hydroxyl groups is 2. The van der Waals surface area contributed by atoms with E-state index < -0.39 is 6.10 Å². The van der Waals surface area contributed by atoms with Gasteiger partial charge in [0.1, 0.15) is 0 Å². The molecule has 2 N–H and O–H groups in total. The number of aliphatic imine (C=N–C) groups is 1. The summed E-state index contributed by atoms with van der Waals surface area (Å²) < 4.78 is 0. The molecule has 0 spiro atoms. The fourth-order valence-corrected chi connectivity index (χ4v) is 0.516. The number of rotatable bonds is 3. The van der Waals surface area contributed by atoms with Gasteiger partial charge < -0.3 is 15.2 Å². The first kappa shape index (κ1) is 8.59. The maximum absolute atomic E-state index is 8.89. The van der Waals surface area contributed by atoms with Gasteiger partial charge in [-0.2, -0.15) is 0 Å². The number of hydrogen-bond donors (Lipinski definition) is 2. The van der Waals surface area contributed by atoms with Gasteiger partial charge in [0.2, 0.25) is 0 Å². The van der Waals surface area contributed by atoms with Crippen molar-refractivity contribution in [1.29, 1.82) is 0 Å². The molecule has 0 fully saturated rings. The smallest absolute Gasteiger partial charge is 0.0611 e. The van der Waals surface area contributed by atoms with E-state index in [-0.39, 0.29) is 12.5 Å². The molecule has 1 unspecified atom stereocenters. The van der Waals surface area contributed by atoms with Gasteiger partial charge in [0, 0.05) is 19.2 Å². The summed E-state index contributed by atoms with van der Waals surface area (Å²) in [4.78, 5) is 3.68. The Hall–Kier alpha value is -0.410. The second-order valence-corrected chi connectivity index (χ2v) is 1.99. The average molecular weight is 131 g/mol. The normalized spacial score (nSPS) is 18.2. The third kappa shape index (κ3) is 3.21. The summed E-state index contributed by atoms with van der Waals surface area (Å²) >= 11 is 0. The third-order valence-electron chi connectivity index (χ3n) is 1.17. The Morgan fingerprint density at radius 2 is 2.22 bits per heavy atom. The summed E-state index contributed by atoms with van der Waals surface area (Å²) in [7, 11) is 1.62. The Morgan fingerprint density at radius 3 is 2.33 bits per heavy atom. The molecule has 0 aliphatic carbocycles. The molecular weight excluding hydrogens is 118 g/mol. The predicted octanol–water partition coefficient (Wildman–Crippen LogP) is -0.324. The van der Waals surface area contributed by atoms with Crippen LogP contribution in [-0.2, 0) is 0 Å². The zero-order chi connectivity index (χ0) is 7.28. The van der Waals surface area contributed by atoms with Crippen LogP contribution in [-0.4, -0.2) is 36.2 Å². The van der Waals surface area contributed by atoms with Crippen LogP contribution in [0.15, 0.2) is 4.99 Å². The molecule has 0 heterocycles. The fraction of sp³-hybridized carbons (Fsp3) is 0.833. The Balaban J connectivity index is 3.68. The molecule has 9 heavy (non-hydrogen) atoms. The van der Waals surface area contributed by atoms with E-state index in [1.807, 2.05) is 0 Å². The zero-order valence-corrected chi connectivity index (χ0v) is 5.78. The quantitative estimate of drug-likeness (QED) is 0.515. The summed E-state index contributed by atoms with van der Waals surface area (Å²) in [6.45, 7) is 1.58. The van der Waals surface area contributed by atoms with E-state index in [1.54, 1.807) is 20.2 Å². The van der Waals surface area contributed by atoms with E-state index in [0.29, 0.717) is 0 Å². The lowest BCUT2D eigenvalue weighted by atomic mass is 10.1. The summed E-state index contributed by atoms with van der Waals surface area (Å²) in [5, 5.41) is 17.5. The minimum atomic E-state index is -0.515. The van der Waals surface area contributed by atoms with Crippen molar-refractivity contribution in [1.82, 2.24) is 0 Å². The van der Waals surface area contributed by atoms with Crippen molar-refractivity contribution in [3.8, 4) is 0 Å². The molecule has 3 heteroatoms. The maximum Gasteiger partial charge on any atom is 0.0611 e. The predicted molar refractivity (Wildman–Crippen MR) is 36.7 cm³/mol. The Bertz CT molecular complexity index is 91.1. The van der Waals surface area contributed by atoms with Gasteiger partial charge in [-0.1, -0.05) is 0 Å². The topological polar surface area (TPSA) is 52.8 Å². The van der Waals surface area contributed by atoms with E-state index in [2.05, 4.69) is 4.99 Å². The van der Waals surface area contributed by atoms with Crippen molar-refractivity contribution >= 4 is 6.21 Å². The average Bonchev–Trinajstić information content (AvgIpc) is 1.82. The van der Waals surface area contributed by atoms with Crippen LogP contribution in [0.5, 0.6) is 0 Å². The lowest BCUT2D eigenvalue weighted by Gasteiger charge is -2.10. The molecule has 0 bridgehead atoms. The molecule has 54 valence electrons. The van der Waals surface area contributed by atoms with Crippen molar-refractivity contribution in [2.45, 2.75) is 13.0 Å². The van der Waals surface area contributed by atoms with Crippen LogP contribution in [0.25, 0.3) is 0 Å². The molecule has 0 saturated heterocycles. The maximum atomic E-state index is 8.89. The van der Waals surface area contributed by atoms with Gasteiger partial charge in [-0.05, 0) is 6.92 Å². The summed E-state index contributed by atoms with van der Waals surface area (Å²) in [5.74, 6) is -0.213. The van der Waals surface area contributed by atoms with Gasteiger partial charge in [0.15, 0.2) is 0 Å². The molecule has 0 aliphatic heterocycles. The highest BCUT2D eigenvalue weighted by atomic mass is 16.3. The van der Waals surface area contributed by atoms with Gasteiger partial charge in [-0.3, -0.25) is 0 Å². The number of aliphatic hydroxyl groups excluding tert-OH is 2. The number of hydrogen-bond acceptors (Lipinski definition) is 3. The first-order valence-electron chi connectivity index (χ1n) is 2.93. The van der Waals surface area contributed by atoms with Crippen LogP contribution in [0.4, 0.5) is 0 Å². The van der Waals surface area contributed by atoms with Crippen molar-refractivity contribution in [2.75, 3.05) is 13.7 Å². The molecule has 0 aromatic rings. The molecule has 0 saturated carbocycles. The first-order chi connectivity index (χ1) is 4.22. The largest absolute Gasteiger partial charge is 0.396 e. The molecule has 0 radical (unpaired) electrons. The molecule has 0 aromatic heterocycles. The first-order valence-corrected chi connectivity index (χ1v) is 2.93. The monoisotopic (exact) mass is 131 g/mol. The molecule has 0 rings (SSSR count). The van der Waals surface area contributed by atoms with Crippen molar-refractivity contribution < 1.29 is 10.2 Å². The van der Waals surface area contributed by atoms with Gasteiger partial charge in [0.25, 0.3) is 0 Å². The summed E-state index contributed by atoms with van der Waals surface area (Å²) in [5.41, 5.74) is 0. The van der Waals surface area contributed by atoms with Crippen LogP contribution >= 0.6 is 0 Å². The van der Waals surface area contributed by atoms with E-state index in [9.17, 15) is 0 Å². The van der Waals surface area contributed by atoms with Crippen LogP contribution < -0.4 is 0 Å². The number of nitrogens with zero attached hydrogens (tertiary/aromatic N) is 1. The van der Waals surface area contributed by atoms with Gasteiger partial charge in [-0.25, -0.2) is 0 Å². The fourth-order valence-electron chi connectivity index (χ4n) is 0.516. The third-order valence-corrected chi connectivity index (χ3v) is 1.17. The summed E-state index contributed by atoms with van der Waals surface area (Å²) in [6, 6.07) is 0. The van der Waals surface area contributed by atoms with E-state index in [1.165, 1.54) is 0 Å². The standard InChI is InChI=1S/C6H13NO2/c1-5(9)6(4-8)3-7-2/h3,5-6,8-9H,4H2,1-2H3/b7-3+/t5-,6?/m1/s1. The highest BCUT2D eigenvalue weighted by Gasteiger charge is 2.09. The second kappa shape index (κ2) is 4.47. The highest BCUT2D eigenvalue weighted by molar-refractivity contribution is 5.61. The van der Waals surface area contributed by atoms with Crippen molar-refractivity contribution in [3.05, 3.63) is 0 Å². The van der Waals surface area contributed by atoms with Gasteiger partial charge >= 0.3 is 0 Å². The molecular formula is C6H13NO2. The van der Waals surface area contributed by atoms with E-state index in [4.69, 9.17) is 10.2 Å². The lowest BCUT2D eigenvalue weighted by Crippen LogP contribution is -2.21. The SMILES string of the molecule is C/N=C/C(CO)[C@@H](C)O. The minimum absolute atomic E-state index is 0.0466. The van der Waals surface area contributed by atoms with Gasteiger partial charge in [0.05, 0.1) is 12.7 Å². The second-order valence-electron chi connectivity index (χ2n) is 1.99. The Labute approximate surface area is 55.0 Å². The molecule has 0 aromatic carbocycles. The molecule has 0 aliphatic rings. The van der Waals surface area contributed by atoms with Crippen LogP contribution in [0.2, 0.25) is 0 Å². The van der Waals surface area contributed by atoms with Crippen LogP contribution in [0, 0.1) is 5.92 Å². The van der Waals surface area contributed by atoms with Crippen LogP contribution in [0.1, 0.15) is 6.92 Å². The van der Waals surface area contributed by atoms with Crippen LogP contribution in [0.3, 0.4) is 0 Å². The van der Waals surface area contributed by atoms with Crippen molar-refractivity contribution in [2.24, 2.45) is 10.9 Å². The van der Waals surface area contributed by atoms with Gasteiger partial charge in [-0.15, -0.1) is 0 Å². The molecule has 0 amide bonds.